The van der Waals surface area contributed by atoms with Crippen LogP contribution in [0.15, 0.2) is 48.5 Å². The third kappa shape index (κ3) is 3.74. The normalized spacial score (nSPS) is 18.2. The maximum absolute atomic E-state index is 13.2. The van der Waals surface area contributed by atoms with Gasteiger partial charge in [-0.1, -0.05) is 24.3 Å². The number of methoxy groups -OCH3 is 1. The second-order valence-electron chi connectivity index (χ2n) is 5.83. The number of nitrogens with one attached hydrogen (secondary N) is 1. The van der Waals surface area contributed by atoms with E-state index in [0.29, 0.717) is 13.2 Å². The van der Waals surface area contributed by atoms with Crippen molar-refractivity contribution in [1.82, 2.24) is 5.32 Å². The van der Waals surface area contributed by atoms with E-state index in [9.17, 15) is 9.18 Å². The molecular formula is C19H20FNO3. The zero-order valence-electron chi connectivity index (χ0n) is 13.5. The topological polar surface area (TPSA) is 47.6 Å². The third-order valence-electron chi connectivity index (χ3n) is 4.24. The van der Waals surface area contributed by atoms with Crippen LogP contribution in [0.5, 0.6) is 5.75 Å². The molecule has 4 nitrogen and oxygen atoms in total. The van der Waals surface area contributed by atoms with Crippen LogP contribution in [0.25, 0.3) is 0 Å². The van der Waals surface area contributed by atoms with Gasteiger partial charge in [0.05, 0.1) is 25.7 Å². The molecule has 1 saturated heterocycles. The number of benzene rings is 2. The third-order valence-corrected chi connectivity index (χ3v) is 4.24. The van der Waals surface area contributed by atoms with Gasteiger partial charge in [0.25, 0.3) is 0 Å². The maximum Gasteiger partial charge on any atom is 0.226 e. The van der Waals surface area contributed by atoms with E-state index in [-0.39, 0.29) is 23.7 Å². The minimum atomic E-state index is -0.343. The van der Waals surface area contributed by atoms with Gasteiger partial charge < -0.3 is 14.8 Å². The molecule has 3 rings (SSSR count). The van der Waals surface area contributed by atoms with Crippen LogP contribution in [0.4, 0.5) is 4.39 Å². The quantitative estimate of drug-likeness (QED) is 0.917. The molecular weight excluding hydrogens is 309 g/mol. The Morgan fingerprint density at radius 3 is 2.33 bits per heavy atom. The standard InChI is InChI=1S/C19H20FNO3/c1-23-17-8-4-14(5-9-17)18(13-2-6-16(20)7-3-13)21-19(22)15-10-11-24-12-15/h2-9,15,18H,10-12H2,1H3,(H,21,22)/t15-,18-/m0/s1. The SMILES string of the molecule is COc1ccc([C@@H](NC(=O)[C@H]2CCOC2)c2ccc(F)cc2)cc1. The Hall–Kier alpha value is -2.40. The molecule has 0 aromatic heterocycles. The van der Waals surface area contributed by atoms with Crippen LogP contribution in [-0.4, -0.2) is 26.2 Å². The van der Waals surface area contributed by atoms with E-state index in [1.807, 2.05) is 24.3 Å². The van der Waals surface area contributed by atoms with Crippen LogP contribution in [0.3, 0.4) is 0 Å². The summed E-state index contributed by atoms with van der Waals surface area (Å²) in [6.45, 7) is 1.06. The zero-order valence-corrected chi connectivity index (χ0v) is 13.5. The minimum absolute atomic E-state index is 0.0438. The van der Waals surface area contributed by atoms with Crippen LogP contribution >= 0.6 is 0 Å². The summed E-state index contributed by atoms with van der Waals surface area (Å²) < 4.78 is 23.7. The van der Waals surface area contributed by atoms with E-state index >= 15 is 0 Å². The lowest BCUT2D eigenvalue weighted by Gasteiger charge is -2.22. The van der Waals surface area contributed by atoms with Crippen molar-refractivity contribution < 1.29 is 18.7 Å². The first-order chi connectivity index (χ1) is 11.7. The number of hydrogen-bond donors (Lipinski definition) is 1. The lowest BCUT2D eigenvalue weighted by molar-refractivity contribution is -0.125. The Kier molecular flexibility index (Phi) is 5.11. The van der Waals surface area contributed by atoms with E-state index in [1.165, 1.54) is 12.1 Å². The van der Waals surface area contributed by atoms with Crippen molar-refractivity contribution in [1.29, 1.82) is 0 Å². The number of rotatable bonds is 5. The summed E-state index contributed by atoms with van der Waals surface area (Å²) >= 11 is 0. The molecule has 0 radical (unpaired) electrons. The monoisotopic (exact) mass is 329 g/mol. The highest BCUT2D eigenvalue weighted by atomic mass is 19.1. The van der Waals surface area contributed by atoms with E-state index < -0.39 is 0 Å². The van der Waals surface area contributed by atoms with Gasteiger partial charge >= 0.3 is 0 Å². The molecule has 24 heavy (non-hydrogen) atoms. The molecule has 5 heteroatoms. The van der Waals surface area contributed by atoms with Crippen molar-refractivity contribution in [2.24, 2.45) is 5.92 Å². The molecule has 2 aromatic rings. The van der Waals surface area contributed by atoms with Crippen molar-refractivity contribution in [3.63, 3.8) is 0 Å². The van der Waals surface area contributed by atoms with Gasteiger partial charge in [0.2, 0.25) is 5.91 Å². The minimum Gasteiger partial charge on any atom is -0.497 e. The van der Waals surface area contributed by atoms with Crippen molar-refractivity contribution >= 4 is 5.91 Å². The molecule has 1 aliphatic rings. The van der Waals surface area contributed by atoms with Gasteiger partial charge in [-0.15, -0.1) is 0 Å². The number of carbonyl (C=O) groups is 1. The summed E-state index contributed by atoms with van der Waals surface area (Å²) in [5.74, 6) is 0.263. The summed E-state index contributed by atoms with van der Waals surface area (Å²) in [5.41, 5.74) is 1.74. The van der Waals surface area contributed by atoms with Crippen molar-refractivity contribution in [3.05, 3.63) is 65.5 Å². The van der Waals surface area contributed by atoms with E-state index in [2.05, 4.69) is 5.32 Å². The van der Waals surface area contributed by atoms with Crippen LogP contribution in [0.2, 0.25) is 0 Å². The summed E-state index contributed by atoms with van der Waals surface area (Å²) in [5, 5.41) is 3.07. The number of halogens is 1. The molecule has 1 amide bonds. The Labute approximate surface area is 140 Å². The first-order valence-corrected chi connectivity index (χ1v) is 7.95. The summed E-state index contributed by atoms with van der Waals surface area (Å²) in [6.07, 6.45) is 0.727. The lowest BCUT2D eigenvalue weighted by Crippen LogP contribution is -2.34. The Bertz CT molecular complexity index is 679. The lowest BCUT2D eigenvalue weighted by atomic mass is 9.97. The molecule has 0 spiro atoms. The molecule has 1 aliphatic heterocycles. The molecule has 0 aliphatic carbocycles. The smallest absolute Gasteiger partial charge is 0.226 e. The fourth-order valence-corrected chi connectivity index (χ4v) is 2.81. The zero-order chi connectivity index (χ0) is 16.9. The van der Waals surface area contributed by atoms with Crippen LogP contribution in [0.1, 0.15) is 23.6 Å². The highest BCUT2D eigenvalue weighted by Crippen LogP contribution is 2.25. The predicted molar refractivity (Wildman–Crippen MR) is 88.3 cm³/mol. The molecule has 2 atom stereocenters. The largest absolute Gasteiger partial charge is 0.497 e. The van der Waals surface area contributed by atoms with Crippen molar-refractivity contribution in [3.8, 4) is 5.75 Å². The van der Waals surface area contributed by atoms with Crippen LogP contribution < -0.4 is 10.1 Å². The van der Waals surface area contributed by atoms with E-state index in [4.69, 9.17) is 9.47 Å². The molecule has 126 valence electrons. The molecule has 0 bridgehead atoms. The summed E-state index contributed by atoms with van der Waals surface area (Å²) in [4.78, 5) is 12.5. The average molecular weight is 329 g/mol. The molecule has 1 N–H and O–H groups in total. The van der Waals surface area contributed by atoms with E-state index in [0.717, 1.165) is 23.3 Å². The second kappa shape index (κ2) is 7.45. The Morgan fingerprint density at radius 2 is 1.79 bits per heavy atom. The van der Waals surface area contributed by atoms with Gasteiger partial charge in [0, 0.05) is 6.61 Å². The summed E-state index contributed by atoms with van der Waals surface area (Å²) in [7, 11) is 1.61. The number of hydrogen-bond acceptors (Lipinski definition) is 3. The number of carbonyl (C=O) groups excluding carboxylic acids is 1. The number of ether oxygens (including phenoxy) is 2. The number of amides is 1. The Morgan fingerprint density at radius 1 is 1.17 bits per heavy atom. The van der Waals surface area contributed by atoms with Crippen molar-refractivity contribution in [2.75, 3.05) is 20.3 Å². The van der Waals surface area contributed by atoms with E-state index in [1.54, 1.807) is 19.2 Å². The van der Waals surface area contributed by atoms with Crippen molar-refractivity contribution in [2.45, 2.75) is 12.5 Å². The van der Waals surface area contributed by atoms with Crippen LogP contribution in [-0.2, 0) is 9.53 Å². The predicted octanol–water partition coefficient (Wildman–Crippen LogP) is 3.08. The van der Waals surface area contributed by atoms with Gasteiger partial charge in [-0.2, -0.15) is 0 Å². The fraction of sp³-hybridized carbons (Fsp3) is 0.316. The van der Waals surface area contributed by atoms with Gasteiger partial charge in [0.1, 0.15) is 11.6 Å². The maximum atomic E-state index is 13.2. The first-order valence-electron chi connectivity index (χ1n) is 7.95. The molecule has 1 fully saturated rings. The fourth-order valence-electron chi connectivity index (χ4n) is 2.81. The second-order valence-corrected chi connectivity index (χ2v) is 5.83. The molecule has 0 unspecified atom stereocenters. The van der Waals surface area contributed by atoms with Gasteiger partial charge in [0.15, 0.2) is 0 Å². The highest BCUT2D eigenvalue weighted by molar-refractivity contribution is 5.80. The van der Waals surface area contributed by atoms with Gasteiger partial charge in [-0.25, -0.2) is 4.39 Å². The molecule has 1 heterocycles. The molecule has 2 aromatic carbocycles. The summed E-state index contributed by atoms with van der Waals surface area (Å²) in [6, 6.07) is 13.3. The van der Waals surface area contributed by atoms with Crippen LogP contribution in [0, 0.1) is 11.7 Å². The highest BCUT2D eigenvalue weighted by Gasteiger charge is 2.26. The van der Waals surface area contributed by atoms with Gasteiger partial charge in [-0.3, -0.25) is 4.79 Å². The molecule has 0 saturated carbocycles. The average Bonchev–Trinajstić information content (AvgIpc) is 3.15. The Balaban J connectivity index is 1.87. The van der Waals surface area contributed by atoms with Gasteiger partial charge in [-0.05, 0) is 41.8 Å². The first kappa shape index (κ1) is 16.5.